The molecule has 0 saturated heterocycles. The summed E-state index contributed by atoms with van der Waals surface area (Å²) < 4.78 is 6.94. The average Bonchev–Trinajstić information content (AvgIpc) is 3.38. The normalized spacial score (nSPS) is 13.5. The van der Waals surface area contributed by atoms with E-state index in [1.54, 1.807) is 30.2 Å². The number of methoxy groups -OCH3 is 1. The van der Waals surface area contributed by atoms with Gasteiger partial charge in [-0.2, -0.15) is 0 Å². The van der Waals surface area contributed by atoms with E-state index >= 15 is 0 Å². The summed E-state index contributed by atoms with van der Waals surface area (Å²) in [5.41, 5.74) is 2.39. The van der Waals surface area contributed by atoms with Crippen LogP contribution in [0.4, 0.5) is 0 Å². The zero-order chi connectivity index (χ0) is 19.1. The summed E-state index contributed by atoms with van der Waals surface area (Å²) >= 11 is 4.68. The van der Waals surface area contributed by atoms with Gasteiger partial charge >= 0.3 is 0 Å². The Morgan fingerprint density at radius 2 is 1.96 bits per heavy atom. The average molecular weight is 422 g/mol. The van der Waals surface area contributed by atoms with E-state index in [4.69, 9.17) is 4.74 Å². The van der Waals surface area contributed by atoms with Gasteiger partial charge in [-0.1, -0.05) is 53.1 Å². The van der Waals surface area contributed by atoms with Gasteiger partial charge in [0.1, 0.15) is 5.75 Å². The smallest absolute Gasteiger partial charge is 0.237 e. The van der Waals surface area contributed by atoms with Crippen molar-refractivity contribution in [3.8, 4) is 5.75 Å². The van der Waals surface area contributed by atoms with Crippen LogP contribution in [0.3, 0.4) is 0 Å². The molecule has 0 saturated carbocycles. The van der Waals surface area contributed by atoms with Crippen molar-refractivity contribution in [2.45, 2.75) is 40.6 Å². The summed E-state index contributed by atoms with van der Waals surface area (Å²) in [5, 5.41) is 8.45. The number of hydrogen-bond acceptors (Lipinski definition) is 7. The van der Waals surface area contributed by atoms with Gasteiger partial charge in [0, 0.05) is 18.0 Å². The molecule has 1 aromatic carbocycles. The maximum Gasteiger partial charge on any atom is 0.237 e. The Hall–Kier alpha value is -1.51. The number of hydrogen-bond donors (Lipinski definition) is 0. The monoisotopic (exact) mass is 421 g/mol. The first-order chi connectivity index (χ1) is 13.2. The fourth-order valence-electron chi connectivity index (χ4n) is 2.82. The third kappa shape index (κ3) is 5.73. The second-order valence-corrected chi connectivity index (χ2v) is 9.41. The van der Waals surface area contributed by atoms with Gasteiger partial charge in [0.2, 0.25) is 5.91 Å². The lowest BCUT2D eigenvalue weighted by Crippen LogP contribution is -2.31. The fraction of sp³-hybridized carbons (Fsp3) is 0.421. The van der Waals surface area contributed by atoms with E-state index in [0.29, 0.717) is 5.75 Å². The number of ether oxygens (including phenoxy) is 1. The van der Waals surface area contributed by atoms with Crippen molar-refractivity contribution in [1.82, 2.24) is 15.1 Å². The molecule has 1 aliphatic carbocycles. The number of carbonyl (C=O) groups is 1. The molecule has 0 radical (unpaired) electrons. The first kappa shape index (κ1) is 20.2. The molecule has 1 aromatic heterocycles. The van der Waals surface area contributed by atoms with Gasteiger partial charge in [0.05, 0.1) is 12.9 Å². The van der Waals surface area contributed by atoms with Gasteiger partial charge in [0.15, 0.2) is 8.68 Å². The van der Waals surface area contributed by atoms with Crippen molar-refractivity contribution < 1.29 is 9.53 Å². The maximum atomic E-state index is 12.5. The molecule has 144 valence electrons. The highest BCUT2D eigenvalue weighted by Crippen LogP contribution is 2.31. The predicted molar refractivity (Wildman–Crippen MR) is 113 cm³/mol. The summed E-state index contributed by atoms with van der Waals surface area (Å²) in [6.07, 6.45) is 5.43. The van der Waals surface area contributed by atoms with E-state index in [9.17, 15) is 4.79 Å². The molecule has 0 aliphatic heterocycles. The first-order valence-corrected chi connectivity index (χ1v) is 11.7. The van der Waals surface area contributed by atoms with Gasteiger partial charge in [-0.05, 0) is 43.9 Å². The van der Waals surface area contributed by atoms with E-state index in [0.717, 1.165) is 46.0 Å². The number of nitrogens with zero attached hydrogens (tertiary/aromatic N) is 3. The van der Waals surface area contributed by atoms with Crippen molar-refractivity contribution in [3.05, 3.63) is 41.6 Å². The van der Waals surface area contributed by atoms with Crippen LogP contribution in [-0.2, 0) is 10.5 Å². The standard InChI is InChI=1S/C19H23N3O2S3/c1-3-22(15-6-4-5-7-15)17(23)13-26-19-21-20-18(27-19)25-12-14-8-10-16(24-2)11-9-14/h6,8-11H,3-5,7,12-13H2,1-2H3. The Bertz CT molecular complexity index is 790. The highest BCUT2D eigenvalue weighted by molar-refractivity contribution is 8.03. The molecule has 1 heterocycles. The molecule has 0 fully saturated rings. The third-order valence-electron chi connectivity index (χ3n) is 4.21. The lowest BCUT2D eigenvalue weighted by Gasteiger charge is -2.21. The summed E-state index contributed by atoms with van der Waals surface area (Å²) in [7, 11) is 1.67. The van der Waals surface area contributed by atoms with E-state index in [1.165, 1.54) is 23.0 Å². The molecular formula is C19H23N3O2S3. The van der Waals surface area contributed by atoms with Crippen molar-refractivity contribution in [2.24, 2.45) is 0 Å². The Labute approximate surface area is 172 Å². The van der Waals surface area contributed by atoms with Gasteiger partial charge in [-0.3, -0.25) is 4.79 Å². The molecule has 3 rings (SSSR count). The lowest BCUT2D eigenvalue weighted by molar-refractivity contribution is -0.126. The number of amides is 1. The molecule has 1 amide bonds. The van der Waals surface area contributed by atoms with Gasteiger partial charge < -0.3 is 9.64 Å². The number of carbonyl (C=O) groups excluding carboxylic acids is 1. The Morgan fingerprint density at radius 1 is 1.22 bits per heavy atom. The van der Waals surface area contributed by atoms with Crippen molar-refractivity contribution in [1.29, 1.82) is 0 Å². The molecule has 0 unspecified atom stereocenters. The Morgan fingerprint density at radius 3 is 2.59 bits per heavy atom. The molecule has 0 atom stereocenters. The molecule has 2 aromatic rings. The van der Waals surface area contributed by atoms with Crippen molar-refractivity contribution >= 4 is 40.8 Å². The van der Waals surface area contributed by atoms with Crippen LogP contribution >= 0.6 is 34.9 Å². The zero-order valence-electron chi connectivity index (χ0n) is 15.5. The molecular weight excluding hydrogens is 398 g/mol. The van der Waals surface area contributed by atoms with Crippen molar-refractivity contribution in [2.75, 3.05) is 19.4 Å². The minimum absolute atomic E-state index is 0.151. The van der Waals surface area contributed by atoms with Gasteiger partial charge in [0.25, 0.3) is 0 Å². The van der Waals surface area contributed by atoms with Crippen molar-refractivity contribution in [3.63, 3.8) is 0 Å². The molecule has 0 spiro atoms. The van der Waals surface area contributed by atoms with Crippen LogP contribution in [0.15, 0.2) is 44.7 Å². The first-order valence-electron chi connectivity index (χ1n) is 8.91. The van der Waals surface area contributed by atoms with Gasteiger partial charge in [-0.15, -0.1) is 10.2 Å². The second-order valence-electron chi connectivity index (χ2n) is 5.98. The Balaban J connectivity index is 1.47. The van der Waals surface area contributed by atoms with E-state index in [-0.39, 0.29) is 5.91 Å². The summed E-state index contributed by atoms with van der Waals surface area (Å²) in [6, 6.07) is 8.03. The quantitative estimate of drug-likeness (QED) is 0.540. The predicted octanol–water partition coefficient (Wildman–Crippen LogP) is 4.85. The Kier molecular flexibility index (Phi) is 7.60. The summed E-state index contributed by atoms with van der Waals surface area (Å²) in [5.74, 6) is 2.25. The lowest BCUT2D eigenvalue weighted by atomic mass is 10.2. The minimum atomic E-state index is 0.151. The van der Waals surface area contributed by atoms with Crippen LogP contribution < -0.4 is 4.74 Å². The van der Waals surface area contributed by atoms with Crippen LogP contribution in [-0.4, -0.2) is 40.4 Å². The molecule has 27 heavy (non-hydrogen) atoms. The van der Waals surface area contributed by atoms with Crippen LogP contribution in [0.2, 0.25) is 0 Å². The number of thioether (sulfide) groups is 2. The van der Waals surface area contributed by atoms with Gasteiger partial charge in [-0.25, -0.2) is 0 Å². The van der Waals surface area contributed by atoms with E-state index in [2.05, 4.69) is 28.4 Å². The van der Waals surface area contributed by atoms with Crippen LogP contribution in [0.25, 0.3) is 0 Å². The fourth-order valence-corrected chi connectivity index (χ4v) is 5.67. The zero-order valence-corrected chi connectivity index (χ0v) is 18.0. The number of aromatic nitrogens is 2. The van der Waals surface area contributed by atoms with E-state index < -0.39 is 0 Å². The van der Waals surface area contributed by atoms with Crippen LogP contribution in [0.5, 0.6) is 5.75 Å². The van der Waals surface area contributed by atoms with Crippen LogP contribution in [0, 0.1) is 0 Å². The molecule has 1 aliphatic rings. The minimum Gasteiger partial charge on any atom is -0.497 e. The number of benzene rings is 1. The van der Waals surface area contributed by atoms with E-state index in [1.807, 2.05) is 24.0 Å². The number of allylic oxidation sites excluding steroid dienone is 2. The molecule has 5 nitrogen and oxygen atoms in total. The summed E-state index contributed by atoms with van der Waals surface area (Å²) in [6.45, 7) is 2.75. The third-order valence-corrected chi connectivity index (χ3v) is 7.46. The maximum absolute atomic E-state index is 12.5. The van der Waals surface area contributed by atoms with Crippen LogP contribution in [0.1, 0.15) is 31.7 Å². The summed E-state index contributed by atoms with van der Waals surface area (Å²) in [4.78, 5) is 14.4. The molecule has 0 bridgehead atoms. The number of rotatable bonds is 9. The SMILES string of the molecule is CCN(C(=O)CSc1nnc(SCc2ccc(OC)cc2)s1)C1=CCCC1. The highest BCUT2D eigenvalue weighted by atomic mass is 32.2. The molecule has 0 N–H and O–H groups in total. The molecule has 8 heteroatoms. The topological polar surface area (TPSA) is 55.3 Å². The largest absolute Gasteiger partial charge is 0.497 e. The highest BCUT2D eigenvalue weighted by Gasteiger charge is 2.19. The second kappa shape index (κ2) is 10.1.